The molecule has 1 aliphatic carbocycles. The summed E-state index contributed by atoms with van der Waals surface area (Å²) < 4.78 is 7.66. The van der Waals surface area contributed by atoms with Gasteiger partial charge in [-0.25, -0.2) is 0 Å². The molecule has 2 heterocycles. The van der Waals surface area contributed by atoms with E-state index in [2.05, 4.69) is 33.3 Å². The van der Waals surface area contributed by atoms with E-state index in [1.165, 1.54) is 12.8 Å². The Labute approximate surface area is 141 Å². The van der Waals surface area contributed by atoms with Gasteiger partial charge in [0.2, 0.25) is 0 Å². The second-order valence-corrected chi connectivity index (χ2v) is 6.79. The number of methoxy groups -OCH3 is 1. The van der Waals surface area contributed by atoms with Crippen LogP contribution < -0.4 is 4.74 Å². The maximum atomic E-state index is 5.48. The largest absolute Gasteiger partial charge is 0.496 e. The van der Waals surface area contributed by atoms with E-state index in [0.717, 1.165) is 45.8 Å². The number of allylic oxidation sites excluding steroid dienone is 1. The summed E-state index contributed by atoms with van der Waals surface area (Å²) in [6.45, 7) is 8.67. The third kappa shape index (κ3) is 3.27. The van der Waals surface area contributed by atoms with Crippen molar-refractivity contribution in [3.05, 3.63) is 41.5 Å². The van der Waals surface area contributed by atoms with Crippen molar-refractivity contribution in [2.45, 2.75) is 50.1 Å². The van der Waals surface area contributed by atoms with Crippen molar-refractivity contribution in [1.82, 2.24) is 19.7 Å². The lowest BCUT2D eigenvalue weighted by molar-refractivity contribution is 0.407. The van der Waals surface area contributed by atoms with Crippen molar-refractivity contribution in [3.8, 4) is 5.75 Å². The predicted octanol–water partition coefficient (Wildman–Crippen LogP) is 3.65. The summed E-state index contributed by atoms with van der Waals surface area (Å²) in [7, 11) is 1.70. The fourth-order valence-corrected chi connectivity index (χ4v) is 3.68. The van der Waals surface area contributed by atoms with Crippen molar-refractivity contribution in [2.24, 2.45) is 0 Å². The van der Waals surface area contributed by atoms with E-state index in [0.29, 0.717) is 5.92 Å². The van der Waals surface area contributed by atoms with Gasteiger partial charge < -0.3 is 9.30 Å². The maximum absolute atomic E-state index is 5.48. The summed E-state index contributed by atoms with van der Waals surface area (Å²) >= 11 is 1.67. The zero-order valence-electron chi connectivity index (χ0n) is 13.9. The van der Waals surface area contributed by atoms with Crippen LogP contribution in [0.1, 0.15) is 41.4 Å². The molecule has 23 heavy (non-hydrogen) atoms. The molecule has 3 rings (SSSR count). The van der Waals surface area contributed by atoms with Gasteiger partial charge in [0.15, 0.2) is 5.16 Å². The highest BCUT2D eigenvalue weighted by Crippen LogP contribution is 2.40. The topological polar surface area (TPSA) is 52.8 Å². The third-order valence-electron chi connectivity index (χ3n) is 4.09. The Bertz CT molecular complexity index is 722. The third-order valence-corrected chi connectivity index (χ3v) is 5.07. The first-order valence-electron chi connectivity index (χ1n) is 7.81. The van der Waals surface area contributed by atoms with Crippen molar-refractivity contribution >= 4 is 11.8 Å². The second kappa shape index (κ2) is 6.74. The Hall–Kier alpha value is -1.82. The molecule has 0 atom stereocenters. The minimum absolute atomic E-state index is 0.580. The molecule has 0 aromatic carbocycles. The van der Waals surface area contributed by atoms with Gasteiger partial charge in [-0.3, -0.25) is 4.98 Å². The molecule has 5 nitrogen and oxygen atoms in total. The molecule has 0 radical (unpaired) electrons. The Balaban J connectivity index is 1.80. The highest BCUT2D eigenvalue weighted by atomic mass is 32.2. The van der Waals surface area contributed by atoms with Gasteiger partial charge in [-0.1, -0.05) is 17.8 Å². The van der Waals surface area contributed by atoms with Crippen molar-refractivity contribution in [1.29, 1.82) is 0 Å². The molecule has 0 aliphatic heterocycles. The van der Waals surface area contributed by atoms with Gasteiger partial charge in [-0.05, 0) is 26.7 Å². The van der Waals surface area contributed by atoms with E-state index in [9.17, 15) is 0 Å². The van der Waals surface area contributed by atoms with Crippen LogP contribution in [0, 0.1) is 13.8 Å². The van der Waals surface area contributed by atoms with Crippen LogP contribution in [0.5, 0.6) is 5.75 Å². The molecule has 0 bridgehead atoms. The molecule has 2 aromatic heterocycles. The van der Waals surface area contributed by atoms with E-state index >= 15 is 0 Å². The Morgan fingerprint density at radius 3 is 2.83 bits per heavy atom. The molecule has 1 saturated carbocycles. The summed E-state index contributed by atoms with van der Waals surface area (Å²) in [5, 5.41) is 9.69. The van der Waals surface area contributed by atoms with E-state index in [-0.39, 0.29) is 0 Å². The summed E-state index contributed by atoms with van der Waals surface area (Å²) in [5.41, 5.74) is 3.18. The summed E-state index contributed by atoms with van der Waals surface area (Å²) in [5.74, 6) is 3.35. The van der Waals surface area contributed by atoms with Gasteiger partial charge in [-0.2, -0.15) is 0 Å². The first-order chi connectivity index (χ1) is 11.2. The zero-order chi connectivity index (χ0) is 16.4. The Morgan fingerprint density at radius 2 is 2.17 bits per heavy atom. The van der Waals surface area contributed by atoms with Crippen molar-refractivity contribution in [2.75, 3.05) is 7.11 Å². The lowest BCUT2D eigenvalue weighted by Gasteiger charge is -2.12. The monoisotopic (exact) mass is 330 g/mol. The minimum atomic E-state index is 0.580. The number of aryl methyl sites for hydroxylation is 1. The van der Waals surface area contributed by atoms with Crippen LogP contribution in [-0.2, 0) is 12.3 Å². The van der Waals surface area contributed by atoms with Gasteiger partial charge in [0.1, 0.15) is 11.6 Å². The minimum Gasteiger partial charge on any atom is -0.496 e. The van der Waals surface area contributed by atoms with Crippen LogP contribution in [0.2, 0.25) is 0 Å². The summed E-state index contributed by atoms with van der Waals surface area (Å²) in [4.78, 5) is 4.55. The van der Waals surface area contributed by atoms with E-state index in [1.54, 1.807) is 18.9 Å². The predicted molar refractivity (Wildman–Crippen MR) is 92.0 cm³/mol. The number of thioether (sulfide) groups is 1. The smallest absolute Gasteiger partial charge is 0.191 e. The summed E-state index contributed by atoms with van der Waals surface area (Å²) in [6.07, 6.45) is 6.20. The number of hydrogen-bond donors (Lipinski definition) is 0. The molecule has 0 unspecified atom stereocenters. The lowest BCUT2D eigenvalue weighted by Crippen LogP contribution is -2.03. The molecule has 0 N–H and O–H groups in total. The molecule has 122 valence electrons. The SMILES string of the molecule is C=CCn1c(SCc2ncc(C)c(OC)c2C)nnc1C1CC1. The number of ether oxygens (including phenoxy) is 1. The molecule has 0 amide bonds. The Morgan fingerprint density at radius 1 is 1.39 bits per heavy atom. The lowest BCUT2D eigenvalue weighted by atomic mass is 10.1. The van der Waals surface area contributed by atoms with Crippen LogP contribution in [0.4, 0.5) is 0 Å². The standard InChI is InChI=1S/C17H22N4OS/c1-5-8-21-16(13-6-7-13)19-20-17(21)23-10-14-12(3)15(22-4)11(2)9-18-14/h5,9,13H,1,6-8,10H2,2-4H3. The average molecular weight is 330 g/mol. The molecular weight excluding hydrogens is 308 g/mol. The van der Waals surface area contributed by atoms with Gasteiger partial charge in [0.25, 0.3) is 0 Å². The van der Waals surface area contributed by atoms with Crippen LogP contribution in [0.3, 0.4) is 0 Å². The van der Waals surface area contributed by atoms with Gasteiger partial charge >= 0.3 is 0 Å². The first-order valence-corrected chi connectivity index (χ1v) is 8.80. The normalized spacial score (nSPS) is 14.0. The molecule has 6 heteroatoms. The summed E-state index contributed by atoms with van der Waals surface area (Å²) in [6, 6.07) is 0. The van der Waals surface area contributed by atoms with Crippen molar-refractivity contribution in [3.63, 3.8) is 0 Å². The van der Waals surface area contributed by atoms with Gasteiger partial charge in [-0.15, -0.1) is 16.8 Å². The second-order valence-electron chi connectivity index (χ2n) is 5.85. The quantitative estimate of drug-likeness (QED) is 0.573. The highest BCUT2D eigenvalue weighted by molar-refractivity contribution is 7.98. The van der Waals surface area contributed by atoms with Gasteiger partial charge in [0, 0.05) is 35.5 Å². The van der Waals surface area contributed by atoms with Crippen LogP contribution in [0.15, 0.2) is 24.0 Å². The number of aromatic nitrogens is 4. The van der Waals surface area contributed by atoms with Crippen molar-refractivity contribution < 1.29 is 4.74 Å². The van der Waals surface area contributed by atoms with Crippen LogP contribution in [0.25, 0.3) is 0 Å². The average Bonchev–Trinajstić information content (AvgIpc) is 3.30. The zero-order valence-corrected chi connectivity index (χ0v) is 14.7. The number of rotatable bonds is 7. The van der Waals surface area contributed by atoms with Crippen LogP contribution >= 0.6 is 11.8 Å². The molecule has 0 spiro atoms. The number of hydrogen-bond acceptors (Lipinski definition) is 5. The number of nitrogens with zero attached hydrogens (tertiary/aromatic N) is 4. The molecule has 2 aromatic rings. The first kappa shape index (κ1) is 16.1. The van der Waals surface area contributed by atoms with E-state index in [1.807, 2.05) is 19.2 Å². The number of pyridine rings is 1. The van der Waals surface area contributed by atoms with E-state index in [4.69, 9.17) is 4.74 Å². The molecule has 1 fully saturated rings. The Kier molecular flexibility index (Phi) is 4.71. The fraction of sp³-hybridized carbons (Fsp3) is 0.471. The molecular formula is C17H22N4OS. The molecule has 1 aliphatic rings. The maximum Gasteiger partial charge on any atom is 0.191 e. The van der Waals surface area contributed by atoms with E-state index < -0.39 is 0 Å². The molecule has 0 saturated heterocycles. The van der Waals surface area contributed by atoms with Gasteiger partial charge in [0.05, 0.1) is 12.8 Å². The van der Waals surface area contributed by atoms with Crippen LogP contribution in [-0.4, -0.2) is 26.9 Å². The fourth-order valence-electron chi connectivity index (χ4n) is 2.70. The highest BCUT2D eigenvalue weighted by Gasteiger charge is 2.30.